The Labute approximate surface area is 110 Å². The van der Waals surface area contributed by atoms with Gasteiger partial charge in [0.2, 0.25) is 11.8 Å². The molecule has 2 amide bonds. The van der Waals surface area contributed by atoms with Gasteiger partial charge in [0.15, 0.2) is 0 Å². The summed E-state index contributed by atoms with van der Waals surface area (Å²) < 4.78 is 4.62. The molecule has 0 heterocycles. The lowest BCUT2D eigenvalue weighted by Gasteiger charge is -2.12. The first kappa shape index (κ1) is 14.7. The van der Waals surface area contributed by atoms with Crippen molar-refractivity contribution in [1.29, 1.82) is 0 Å². The molecule has 0 saturated heterocycles. The molecule has 1 atom stereocenters. The molecule has 0 bridgehead atoms. The van der Waals surface area contributed by atoms with E-state index < -0.39 is 17.8 Å². The van der Waals surface area contributed by atoms with Gasteiger partial charge in [-0.3, -0.25) is 9.59 Å². The lowest BCUT2D eigenvalue weighted by atomic mass is 10.1. The SMILES string of the molecule is COC(=O)c1ccccc1NC(=O)[C@@H](C)CC(N)=O. The Hall–Kier alpha value is -2.37. The molecule has 0 saturated carbocycles. The monoisotopic (exact) mass is 264 g/mol. The Morgan fingerprint density at radius 2 is 1.95 bits per heavy atom. The highest BCUT2D eigenvalue weighted by atomic mass is 16.5. The van der Waals surface area contributed by atoms with Crippen LogP contribution in [0, 0.1) is 5.92 Å². The minimum atomic E-state index is -0.566. The number of para-hydroxylation sites is 1. The Morgan fingerprint density at radius 1 is 1.32 bits per heavy atom. The largest absolute Gasteiger partial charge is 0.465 e. The first-order chi connectivity index (χ1) is 8.95. The Balaban J connectivity index is 2.85. The Morgan fingerprint density at radius 3 is 2.53 bits per heavy atom. The molecule has 1 aromatic rings. The number of rotatable bonds is 5. The number of primary amides is 1. The fourth-order valence-electron chi connectivity index (χ4n) is 1.53. The molecule has 0 aliphatic heterocycles. The number of anilines is 1. The van der Waals surface area contributed by atoms with Gasteiger partial charge in [0, 0.05) is 12.3 Å². The second-order valence-electron chi connectivity index (χ2n) is 4.10. The summed E-state index contributed by atoms with van der Waals surface area (Å²) in [5.41, 5.74) is 5.63. The molecule has 102 valence electrons. The van der Waals surface area contributed by atoms with Gasteiger partial charge >= 0.3 is 5.97 Å². The second kappa shape index (κ2) is 6.53. The van der Waals surface area contributed by atoms with Crippen LogP contribution in [0.1, 0.15) is 23.7 Å². The van der Waals surface area contributed by atoms with Crippen LogP contribution in [0.3, 0.4) is 0 Å². The van der Waals surface area contributed by atoms with Crippen LogP contribution in [0.25, 0.3) is 0 Å². The molecule has 6 nitrogen and oxygen atoms in total. The third-order valence-corrected chi connectivity index (χ3v) is 2.55. The van der Waals surface area contributed by atoms with Gasteiger partial charge in [-0.15, -0.1) is 0 Å². The molecule has 19 heavy (non-hydrogen) atoms. The summed E-state index contributed by atoms with van der Waals surface area (Å²) in [4.78, 5) is 34.1. The fraction of sp³-hybridized carbons (Fsp3) is 0.308. The molecule has 1 aromatic carbocycles. The van der Waals surface area contributed by atoms with E-state index in [2.05, 4.69) is 10.1 Å². The number of nitrogens with one attached hydrogen (secondary N) is 1. The standard InChI is InChI=1S/C13H16N2O4/c1-8(7-11(14)16)12(17)15-10-6-4-3-5-9(10)13(18)19-2/h3-6,8H,7H2,1-2H3,(H2,14,16)(H,15,17)/t8-/m0/s1. The highest BCUT2D eigenvalue weighted by molar-refractivity contribution is 6.02. The van der Waals surface area contributed by atoms with E-state index in [1.807, 2.05) is 0 Å². The first-order valence-electron chi connectivity index (χ1n) is 5.72. The molecule has 0 aliphatic carbocycles. The van der Waals surface area contributed by atoms with Gasteiger partial charge in [-0.05, 0) is 12.1 Å². The van der Waals surface area contributed by atoms with Crippen molar-refractivity contribution in [3.05, 3.63) is 29.8 Å². The van der Waals surface area contributed by atoms with Gasteiger partial charge < -0.3 is 15.8 Å². The van der Waals surface area contributed by atoms with Gasteiger partial charge in [-0.1, -0.05) is 19.1 Å². The predicted octanol–water partition coefficient (Wildman–Crippen LogP) is 0.923. The average molecular weight is 264 g/mol. The Bertz CT molecular complexity index is 499. The van der Waals surface area contributed by atoms with Crippen molar-refractivity contribution in [3.8, 4) is 0 Å². The number of methoxy groups -OCH3 is 1. The number of esters is 1. The van der Waals surface area contributed by atoms with Crippen molar-refractivity contribution < 1.29 is 19.1 Å². The minimum absolute atomic E-state index is 0.0494. The molecule has 0 aliphatic rings. The van der Waals surface area contributed by atoms with Crippen LogP contribution in [0.15, 0.2) is 24.3 Å². The van der Waals surface area contributed by atoms with E-state index >= 15 is 0 Å². The number of ether oxygens (including phenoxy) is 1. The van der Waals surface area contributed by atoms with Crippen molar-refractivity contribution in [2.75, 3.05) is 12.4 Å². The quantitative estimate of drug-likeness (QED) is 0.772. The smallest absolute Gasteiger partial charge is 0.339 e. The van der Waals surface area contributed by atoms with Crippen LogP contribution in [-0.4, -0.2) is 24.9 Å². The number of benzene rings is 1. The summed E-state index contributed by atoms with van der Waals surface area (Å²) in [6.45, 7) is 1.58. The molecule has 0 fully saturated rings. The average Bonchev–Trinajstić information content (AvgIpc) is 2.37. The van der Waals surface area contributed by atoms with Crippen molar-refractivity contribution >= 4 is 23.5 Å². The van der Waals surface area contributed by atoms with E-state index in [-0.39, 0.29) is 17.9 Å². The third kappa shape index (κ3) is 4.09. The molecule has 1 rings (SSSR count). The summed E-state index contributed by atoms with van der Waals surface area (Å²) in [6, 6.07) is 6.47. The van der Waals surface area contributed by atoms with Gasteiger partial charge in [-0.2, -0.15) is 0 Å². The van der Waals surface area contributed by atoms with Crippen LogP contribution in [0.5, 0.6) is 0 Å². The van der Waals surface area contributed by atoms with Crippen molar-refractivity contribution in [3.63, 3.8) is 0 Å². The van der Waals surface area contributed by atoms with Gasteiger partial charge in [0.25, 0.3) is 0 Å². The van der Waals surface area contributed by atoms with E-state index in [9.17, 15) is 14.4 Å². The van der Waals surface area contributed by atoms with Gasteiger partial charge in [0.05, 0.1) is 18.4 Å². The van der Waals surface area contributed by atoms with Crippen LogP contribution in [-0.2, 0) is 14.3 Å². The topological polar surface area (TPSA) is 98.5 Å². The maximum Gasteiger partial charge on any atom is 0.339 e. The van der Waals surface area contributed by atoms with E-state index in [1.54, 1.807) is 31.2 Å². The predicted molar refractivity (Wildman–Crippen MR) is 69.4 cm³/mol. The van der Waals surface area contributed by atoms with Crippen molar-refractivity contribution in [2.45, 2.75) is 13.3 Å². The summed E-state index contributed by atoms with van der Waals surface area (Å²) in [5, 5.41) is 2.58. The Kier molecular flexibility index (Phi) is 5.05. The molecule has 0 unspecified atom stereocenters. The highest BCUT2D eigenvalue weighted by Gasteiger charge is 2.18. The molecule has 0 aromatic heterocycles. The van der Waals surface area contributed by atoms with Gasteiger partial charge in [0.1, 0.15) is 0 Å². The minimum Gasteiger partial charge on any atom is -0.465 e. The lowest BCUT2D eigenvalue weighted by Crippen LogP contribution is -2.26. The highest BCUT2D eigenvalue weighted by Crippen LogP contribution is 2.17. The van der Waals surface area contributed by atoms with E-state index in [1.165, 1.54) is 7.11 Å². The normalized spacial score (nSPS) is 11.5. The maximum absolute atomic E-state index is 11.8. The molecular formula is C13H16N2O4. The van der Waals surface area contributed by atoms with Gasteiger partial charge in [-0.25, -0.2) is 4.79 Å². The maximum atomic E-state index is 11.8. The zero-order valence-electron chi connectivity index (χ0n) is 10.8. The molecule has 0 spiro atoms. The number of carbonyl (C=O) groups excluding carboxylic acids is 3. The van der Waals surface area contributed by atoms with E-state index in [0.717, 1.165) is 0 Å². The van der Waals surface area contributed by atoms with Crippen LogP contribution >= 0.6 is 0 Å². The summed E-state index contributed by atoms with van der Waals surface area (Å²) in [7, 11) is 1.26. The number of amides is 2. The molecule has 3 N–H and O–H groups in total. The molecule has 0 radical (unpaired) electrons. The number of hydrogen-bond acceptors (Lipinski definition) is 4. The summed E-state index contributed by atoms with van der Waals surface area (Å²) in [6.07, 6.45) is -0.0494. The second-order valence-corrected chi connectivity index (χ2v) is 4.10. The zero-order chi connectivity index (χ0) is 14.4. The van der Waals surface area contributed by atoms with Crippen LogP contribution < -0.4 is 11.1 Å². The van der Waals surface area contributed by atoms with E-state index in [0.29, 0.717) is 5.69 Å². The van der Waals surface area contributed by atoms with Crippen LogP contribution in [0.2, 0.25) is 0 Å². The number of hydrogen-bond donors (Lipinski definition) is 2. The van der Waals surface area contributed by atoms with Crippen molar-refractivity contribution in [2.24, 2.45) is 11.7 Å². The lowest BCUT2D eigenvalue weighted by molar-refractivity contribution is -0.125. The molecular weight excluding hydrogens is 248 g/mol. The molecule has 6 heteroatoms. The number of nitrogens with two attached hydrogens (primary N) is 1. The van der Waals surface area contributed by atoms with Crippen LogP contribution in [0.4, 0.5) is 5.69 Å². The summed E-state index contributed by atoms with van der Waals surface area (Å²) in [5.74, 6) is -2.04. The third-order valence-electron chi connectivity index (χ3n) is 2.55. The fourth-order valence-corrected chi connectivity index (χ4v) is 1.53. The number of carbonyl (C=O) groups is 3. The first-order valence-corrected chi connectivity index (χ1v) is 5.72. The van der Waals surface area contributed by atoms with Crippen molar-refractivity contribution in [1.82, 2.24) is 0 Å². The zero-order valence-corrected chi connectivity index (χ0v) is 10.8. The summed E-state index contributed by atoms with van der Waals surface area (Å²) >= 11 is 0. The van der Waals surface area contributed by atoms with E-state index in [4.69, 9.17) is 5.73 Å².